The van der Waals surface area contributed by atoms with E-state index in [0.29, 0.717) is 6.54 Å². The van der Waals surface area contributed by atoms with Crippen molar-refractivity contribution < 1.29 is 34.2 Å². The Morgan fingerprint density at radius 1 is 0.545 bits per heavy atom. The average molecular weight is 473 g/mol. The van der Waals surface area contributed by atoms with Gasteiger partial charge in [0.25, 0.3) is 0 Å². The van der Waals surface area contributed by atoms with E-state index in [4.69, 9.17) is 0 Å². The molecule has 0 rings (SSSR count). The van der Waals surface area contributed by atoms with Gasteiger partial charge >= 0.3 is 17.9 Å². The molecule has 3 N–H and O–H groups in total. The zero-order valence-corrected chi connectivity index (χ0v) is 21.6. The van der Waals surface area contributed by atoms with Crippen LogP contribution in [0.25, 0.3) is 0 Å². The molecule has 0 heterocycles. The number of unbranched alkanes of at least 4 members (excludes halogenated alkanes) is 11. The SMILES string of the molecule is CCCCCCCCCCCCCC[N+](CC(C)C(=O)O)(CC(C)C(=O)O)CC(C)C(=O)O. The summed E-state index contributed by atoms with van der Waals surface area (Å²) in [5.41, 5.74) is 0. The summed E-state index contributed by atoms with van der Waals surface area (Å²) < 4.78 is 0.228. The van der Waals surface area contributed by atoms with Crippen molar-refractivity contribution in [2.45, 2.75) is 105 Å². The first-order chi connectivity index (χ1) is 15.5. The quantitative estimate of drug-likeness (QED) is 0.138. The molecule has 0 radical (unpaired) electrons. The van der Waals surface area contributed by atoms with E-state index in [0.717, 1.165) is 19.3 Å². The van der Waals surface area contributed by atoms with Crippen LogP contribution < -0.4 is 0 Å². The lowest BCUT2D eigenvalue weighted by Crippen LogP contribution is -2.57. The van der Waals surface area contributed by atoms with E-state index in [1.807, 2.05) is 0 Å². The van der Waals surface area contributed by atoms with E-state index in [2.05, 4.69) is 6.92 Å². The monoisotopic (exact) mass is 472 g/mol. The van der Waals surface area contributed by atoms with Crippen molar-refractivity contribution in [1.29, 1.82) is 0 Å². The molecule has 0 aliphatic carbocycles. The van der Waals surface area contributed by atoms with Gasteiger partial charge in [0.15, 0.2) is 0 Å². The van der Waals surface area contributed by atoms with E-state index in [9.17, 15) is 29.7 Å². The second-order valence-electron chi connectivity index (χ2n) is 10.2. The van der Waals surface area contributed by atoms with Gasteiger partial charge in [-0.25, -0.2) is 0 Å². The van der Waals surface area contributed by atoms with E-state index in [1.165, 1.54) is 57.8 Å². The standard InChI is InChI=1S/C26H49NO6/c1-5-6-7-8-9-10-11-12-13-14-15-16-17-27(18-21(2)24(28)29,19-22(3)25(30)31)20-23(4)26(32)33/h21-23H,5-20H2,1-4H3,(H2-,28,29,30,31,32,33)/p+1. The Morgan fingerprint density at radius 3 is 1.09 bits per heavy atom. The minimum Gasteiger partial charge on any atom is -0.481 e. The second kappa shape index (κ2) is 17.8. The van der Waals surface area contributed by atoms with Gasteiger partial charge in [-0.15, -0.1) is 0 Å². The number of carboxylic acid groups (broad SMARTS) is 3. The first-order valence-corrected chi connectivity index (χ1v) is 13.1. The first-order valence-electron chi connectivity index (χ1n) is 13.1. The fourth-order valence-electron chi connectivity index (χ4n) is 4.76. The van der Waals surface area contributed by atoms with Crippen molar-refractivity contribution in [3.8, 4) is 0 Å². The fourth-order valence-corrected chi connectivity index (χ4v) is 4.76. The third-order valence-corrected chi connectivity index (χ3v) is 6.73. The van der Waals surface area contributed by atoms with Crippen molar-refractivity contribution in [2.75, 3.05) is 26.2 Å². The smallest absolute Gasteiger partial charge is 0.311 e. The van der Waals surface area contributed by atoms with E-state index in [1.54, 1.807) is 20.8 Å². The number of aliphatic carboxylic acids is 3. The van der Waals surface area contributed by atoms with Crippen LogP contribution in [0.2, 0.25) is 0 Å². The molecule has 0 saturated carbocycles. The highest BCUT2D eigenvalue weighted by atomic mass is 16.4. The molecule has 0 fully saturated rings. The van der Waals surface area contributed by atoms with Gasteiger partial charge in [-0.3, -0.25) is 14.4 Å². The third-order valence-electron chi connectivity index (χ3n) is 6.73. The van der Waals surface area contributed by atoms with Gasteiger partial charge < -0.3 is 19.8 Å². The number of nitrogens with zero attached hydrogens (tertiary/aromatic N) is 1. The summed E-state index contributed by atoms with van der Waals surface area (Å²) in [5, 5.41) is 28.4. The summed E-state index contributed by atoms with van der Waals surface area (Å²) in [6, 6.07) is 0. The predicted octanol–water partition coefficient (Wildman–Crippen LogP) is 5.67. The molecule has 194 valence electrons. The predicted molar refractivity (Wildman–Crippen MR) is 131 cm³/mol. The number of carbonyl (C=O) groups is 3. The van der Waals surface area contributed by atoms with Gasteiger partial charge in [-0.2, -0.15) is 0 Å². The second-order valence-corrected chi connectivity index (χ2v) is 10.2. The van der Waals surface area contributed by atoms with Crippen LogP contribution in [0.4, 0.5) is 0 Å². The van der Waals surface area contributed by atoms with Crippen LogP contribution in [0, 0.1) is 17.8 Å². The molecule has 33 heavy (non-hydrogen) atoms. The number of carboxylic acids is 3. The maximum absolute atomic E-state index is 11.5. The van der Waals surface area contributed by atoms with Crippen molar-refractivity contribution in [2.24, 2.45) is 17.8 Å². The third kappa shape index (κ3) is 15.0. The van der Waals surface area contributed by atoms with Crippen LogP contribution >= 0.6 is 0 Å². The number of rotatable bonds is 22. The van der Waals surface area contributed by atoms with Crippen molar-refractivity contribution in [1.82, 2.24) is 0 Å². The molecule has 0 spiro atoms. The highest BCUT2D eigenvalue weighted by Gasteiger charge is 2.38. The molecule has 0 bridgehead atoms. The largest absolute Gasteiger partial charge is 0.481 e. The fraction of sp³-hybridized carbons (Fsp3) is 0.885. The lowest BCUT2D eigenvalue weighted by atomic mass is 10.00. The molecule has 3 unspecified atom stereocenters. The summed E-state index contributed by atoms with van der Waals surface area (Å²) in [6.45, 7) is 8.46. The molecule has 0 aromatic rings. The lowest BCUT2D eigenvalue weighted by molar-refractivity contribution is -0.934. The molecule has 3 atom stereocenters. The van der Waals surface area contributed by atoms with Crippen LogP contribution in [-0.2, 0) is 14.4 Å². The Hall–Kier alpha value is -1.63. The van der Waals surface area contributed by atoms with Crippen molar-refractivity contribution >= 4 is 17.9 Å². The molecule has 0 aliphatic rings. The van der Waals surface area contributed by atoms with Gasteiger partial charge in [0, 0.05) is 0 Å². The summed E-state index contributed by atoms with van der Waals surface area (Å²) in [4.78, 5) is 34.6. The normalized spacial score (nSPS) is 16.0. The molecule has 0 aliphatic heterocycles. The zero-order valence-electron chi connectivity index (χ0n) is 21.6. The van der Waals surface area contributed by atoms with Gasteiger partial charge in [-0.1, -0.05) is 71.1 Å². The van der Waals surface area contributed by atoms with Gasteiger partial charge in [0.05, 0.1) is 26.2 Å². The van der Waals surface area contributed by atoms with Gasteiger partial charge in [-0.05, 0) is 33.6 Å². The van der Waals surface area contributed by atoms with Crippen LogP contribution in [0.15, 0.2) is 0 Å². The zero-order chi connectivity index (χ0) is 25.3. The Kier molecular flexibility index (Phi) is 16.9. The molecule has 0 aromatic carbocycles. The molecule has 7 nitrogen and oxygen atoms in total. The maximum atomic E-state index is 11.5. The molecule has 0 saturated heterocycles. The Morgan fingerprint density at radius 2 is 0.818 bits per heavy atom. The van der Waals surface area contributed by atoms with E-state index < -0.39 is 35.7 Å². The van der Waals surface area contributed by atoms with Crippen LogP contribution in [0.5, 0.6) is 0 Å². The highest BCUT2D eigenvalue weighted by Crippen LogP contribution is 2.22. The molecule has 0 aromatic heterocycles. The minimum absolute atomic E-state index is 0.228. The molecular weight excluding hydrogens is 422 g/mol. The van der Waals surface area contributed by atoms with Crippen LogP contribution in [-0.4, -0.2) is 63.9 Å². The summed E-state index contributed by atoms with van der Waals surface area (Å²) in [7, 11) is 0. The number of hydrogen-bond donors (Lipinski definition) is 3. The van der Waals surface area contributed by atoms with Crippen molar-refractivity contribution in [3.63, 3.8) is 0 Å². The highest BCUT2D eigenvalue weighted by molar-refractivity contribution is 5.70. The lowest BCUT2D eigenvalue weighted by Gasteiger charge is -2.42. The molecular formula is C26H50NO6+. The van der Waals surface area contributed by atoms with Crippen LogP contribution in [0.1, 0.15) is 105 Å². The molecule has 7 heteroatoms. The average Bonchev–Trinajstić information content (AvgIpc) is 2.74. The van der Waals surface area contributed by atoms with Crippen molar-refractivity contribution in [3.05, 3.63) is 0 Å². The Labute approximate surface area is 201 Å². The minimum atomic E-state index is -0.932. The summed E-state index contributed by atoms with van der Waals surface area (Å²) >= 11 is 0. The Bertz CT molecular complexity index is 510. The number of quaternary nitrogens is 1. The van der Waals surface area contributed by atoms with E-state index >= 15 is 0 Å². The maximum Gasteiger partial charge on any atom is 0.311 e. The summed E-state index contributed by atoms with van der Waals surface area (Å²) in [5.74, 6) is -4.78. The van der Waals surface area contributed by atoms with Gasteiger partial charge in [0.2, 0.25) is 0 Å². The van der Waals surface area contributed by atoms with Gasteiger partial charge in [0.1, 0.15) is 17.8 Å². The topological polar surface area (TPSA) is 112 Å². The van der Waals surface area contributed by atoms with Crippen LogP contribution in [0.3, 0.4) is 0 Å². The number of hydrogen-bond acceptors (Lipinski definition) is 3. The Balaban J connectivity index is 4.78. The summed E-state index contributed by atoms with van der Waals surface area (Å²) in [6.07, 6.45) is 14.6. The van der Waals surface area contributed by atoms with E-state index in [-0.39, 0.29) is 24.1 Å². The molecule has 0 amide bonds. The first kappa shape index (κ1) is 31.4.